The van der Waals surface area contributed by atoms with Crippen LogP contribution in [0, 0.1) is 0 Å². The van der Waals surface area contributed by atoms with Gasteiger partial charge in [0.1, 0.15) is 0 Å². The molecule has 0 aromatic rings. The summed E-state index contributed by atoms with van der Waals surface area (Å²) in [5, 5.41) is 3.10. The Morgan fingerprint density at radius 1 is 1.26 bits per heavy atom. The predicted octanol–water partition coefficient (Wildman–Crippen LogP) is 2.69. The zero-order valence-corrected chi connectivity index (χ0v) is 13.0. The number of amides is 2. The molecule has 1 aliphatic rings. The van der Waals surface area contributed by atoms with Crippen molar-refractivity contribution in [1.29, 1.82) is 0 Å². The zero-order valence-electron chi connectivity index (χ0n) is 13.0. The van der Waals surface area contributed by atoms with E-state index in [0.717, 1.165) is 13.0 Å². The third kappa shape index (κ3) is 6.81. The summed E-state index contributed by atoms with van der Waals surface area (Å²) in [7, 11) is 3.59. The Morgan fingerprint density at radius 3 is 2.68 bits per heavy atom. The highest BCUT2D eigenvalue weighted by molar-refractivity contribution is 5.73. The van der Waals surface area contributed by atoms with Crippen molar-refractivity contribution in [3.63, 3.8) is 0 Å². The number of hydrogen-bond acceptors (Lipinski definition) is 2. The fourth-order valence-corrected chi connectivity index (χ4v) is 2.62. The standard InChI is InChI=1S/C15H31N3O/c1-4-5-6-7-8-11-18-12-9-10-14(13-18)16-15(19)17(2)3/h14H,4-13H2,1-3H3,(H,16,19)/t14-/m0/s1. The van der Waals surface area contributed by atoms with Crippen LogP contribution in [-0.2, 0) is 0 Å². The van der Waals surface area contributed by atoms with E-state index in [1.54, 1.807) is 19.0 Å². The number of nitrogens with one attached hydrogen (secondary N) is 1. The molecule has 1 fully saturated rings. The maximum absolute atomic E-state index is 11.6. The first kappa shape index (κ1) is 16.3. The fourth-order valence-electron chi connectivity index (χ4n) is 2.62. The number of carbonyl (C=O) groups is 1. The molecule has 112 valence electrons. The van der Waals surface area contributed by atoms with Gasteiger partial charge in [0.25, 0.3) is 0 Å². The molecule has 19 heavy (non-hydrogen) atoms. The van der Waals surface area contributed by atoms with Crippen molar-refractivity contribution in [2.45, 2.75) is 57.9 Å². The van der Waals surface area contributed by atoms with Crippen LogP contribution >= 0.6 is 0 Å². The maximum Gasteiger partial charge on any atom is 0.317 e. The van der Waals surface area contributed by atoms with E-state index in [-0.39, 0.29) is 6.03 Å². The predicted molar refractivity (Wildman–Crippen MR) is 80.4 cm³/mol. The van der Waals surface area contributed by atoms with Crippen molar-refractivity contribution in [2.75, 3.05) is 33.7 Å². The van der Waals surface area contributed by atoms with Crippen molar-refractivity contribution in [2.24, 2.45) is 0 Å². The quantitative estimate of drug-likeness (QED) is 0.721. The molecular formula is C15H31N3O. The number of hydrogen-bond donors (Lipinski definition) is 1. The third-order valence-corrected chi connectivity index (χ3v) is 3.82. The van der Waals surface area contributed by atoms with Gasteiger partial charge in [-0.15, -0.1) is 0 Å². The van der Waals surface area contributed by atoms with E-state index in [9.17, 15) is 4.79 Å². The van der Waals surface area contributed by atoms with E-state index < -0.39 is 0 Å². The number of unbranched alkanes of at least 4 members (excludes halogenated alkanes) is 4. The Balaban J connectivity index is 2.17. The van der Waals surface area contributed by atoms with Gasteiger partial charge in [0.15, 0.2) is 0 Å². The Bertz CT molecular complexity index is 256. The maximum atomic E-state index is 11.6. The lowest BCUT2D eigenvalue weighted by atomic mass is 10.0. The number of nitrogens with zero attached hydrogens (tertiary/aromatic N) is 2. The first-order valence-corrected chi connectivity index (χ1v) is 7.83. The van der Waals surface area contributed by atoms with Crippen molar-refractivity contribution in [3.05, 3.63) is 0 Å². The first-order valence-electron chi connectivity index (χ1n) is 7.83. The lowest BCUT2D eigenvalue weighted by molar-refractivity contribution is 0.174. The molecule has 0 aliphatic carbocycles. The lowest BCUT2D eigenvalue weighted by Gasteiger charge is -2.33. The number of urea groups is 1. The van der Waals surface area contributed by atoms with Crippen LogP contribution in [0.3, 0.4) is 0 Å². The molecule has 1 saturated heterocycles. The highest BCUT2D eigenvalue weighted by Crippen LogP contribution is 2.12. The second-order valence-corrected chi connectivity index (χ2v) is 5.90. The van der Waals surface area contributed by atoms with Crippen LogP contribution in [0.4, 0.5) is 4.79 Å². The normalized spacial score (nSPS) is 20.3. The summed E-state index contributed by atoms with van der Waals surface area (Å²) in [4.78, 5) is 15.8. The van der Waals surface area contributed by atoms with Gasteiger partial charge in [0.2, 0.25) is 0 Å². The smallest absolute Gasteiger partial charge is 0.317 e. The van der Waals surface area contributed by atoms with Crippen molar-refractivity contribution in [3.8, 4) is 0 Å². The average molecular weight is 269 g/mol. The monoisotopic (exact) mass is 269 g/mol. The van der Waals surface area contributed by atoms with Crippen LogP contribution < -0.4 is 5.32 Å². The van der Waals surface area contributed by atoms with E-state index in [1.165, 1.54) is 51.6 Å². The van der Waals surface area contributed by atoms with Gasteiger partial charge in [-0.1, -0.05) is 32.6 Å². The van der Waals surface area contributed by atoms with Gasteiger partial charge in [-0.05, 0) is 32.4 Å². The largest absolute Gasteiger partial charge is 0.334 e. The molecule has 0 spiro atoms. The first-order chi connectivity index (χ1) is 9.13. The van der Waals surface area contributed by atoms with Crippen molar-refractivity contribution in [1.82, 2.24) is 15.1 Å². The average Bonchev–Trinajstić information content (AvgIpc) is 2.39. The molecule has 4 heteroatoms. The molecule has 0 bridgehead atoms. The van der Waals surface area contributed by atoms with Crippen LogP contribution in [-0.4, -0.2) is 55.6 Å². The van der Waals surface area contributed by atoms with Crippen LogP contribution in [0.15, 0.2) is 0 Å². The Hall–Kier alpha value is -0.770. The highest BCUT2D eigenvalue weighted by atomic mass is 16.2. The van der Waals surface area contributed by atoms with Gasteiger partial charge < -0.3 is 15.1 Å². The van der Waals surface area contributed by atoms with Gasteiger partial charge in [-0.2, -0.15) is 0 Å². The molecule has 0 aromatic heterocycles. The van der Waals surface area contributed by atoms with Crippen LogP contribution in [0.5, 0.6) is 0 Å². The molecule has 1 N–H and O–H groups in total. The SMILES string of the molecule is CCCCCCCN1CCC[C@H](NC(=O)N(C)C)C1. The van der Waals surface area contributed by atoms with E-state index in [2.05, 4.69) is 17.1 Å². The van der Waals surface area contributed by atoms with Crippen LogP contribution in [0.2, 0.25) is 0 Å². The molecule has 0 unspecified atom stereocenters. The topological polar surface area (TPSA) is 35.6 Å². The number of carbonyl (C=O) groups excluding carboxylic acids is 1. The molecule has 2 amide bonds. The second-order valence-electron chi connectivity index (χ2n) is 5.90. The molecule has 0 aromatic carbocycles. The Kier molecular flexibility index (Phi) is 7.87. The number of rotatable bonds is 7. The lowest BCUT2D eigenvalue weighted by Crippen LogP contribution is -2.50. The van der Waals surface area contributed by atoms with Crippen molar-refractivity contribution >= 4 is 6.03 Å². The summed E-state index contributed by atoms with van der Waals surface area (Å²) >= 11 is 0. The summed E-state index contributed by atoms with van der Waals surface area (Å²) in [6, 6.07) is 0.370. The molecule has 1 aliphatic heterocycles. The van der Waals surface area contributed by atoms with E-state index >= 15 is 0 Å². The van der Waals surface area contributed by atoms with Gasteiger partial charge in [0, 0.05) is 26.7 Å². The zero-order chi connectivity index (χ0) is 14.1. The number of piperidine rings is 1. The highest BCUT2D eigenvalue weighted by Gasteiger charge is 2.21. The van der Waals surface area contributed by atoms with E-state index in [4.69, 9.17) is 0 Å². The minimum absolute atomic E-state index is 0.0368. The summed E-state index contributed by atoms with van der Waals surface area (Å²) in [6.07, 6.45) is 9.00. The summed E-state index contributed by atoms with van der Waals surface area (Å²) in [6.45, 7) is 5.66. The van der Waals surface area contributed by atoms with Crippen LogP contribution in [0.25, 0.3) is 0 Å². The Labute approximate surface area is 118 Å². The molecular weight excluding hydrogens is 238 g/mol. The minimum Gasteiger partial charge on any atom is -0.334 e. The summed E-state index contributed by atoms with van der Waals surface area (Å²) in [5.41, 5.74) is 0. The van der Waals surface area contributed by atoms with Crippen LogP contribution in [0.1, 0.15) is 51.9 Å². The van der Waals surface area contributed by atoms with Gasteiger partial charge in [0.05, 0.1) is 0 Å². The molecule has 4 nitrogen and oxygen atoms in total. The van der Waals surface area contributed by atoms with Gasteiger partial charge >= 0.3 is 6.03 Å². The summed E-state index contributed by atoms with van der Waals surface area (Å²) < 4.78 is 0. The summed E-state index contributed by atoms with van der Waals surface area (Å²) in [5.74, 6) is 0. The van der Waals surface area contributed by atoms with E-state index in [1.807, 2.05) is 0 Å². The fraction of sp³-hybridized carbons (Fsp3) is 0.933. The number of likely N-dealkylation sites (tertiary alicyclic amines) is 1. The molecule has 1 atom stereocenters. The van der Waals surface area contributed by atoms with Crippen molar-refractivity contribution < 1.29 is 4.79 Å². The Morgan fingerprint density at radius 2 is 2.00 bits per heavy atom. The molecule has 0 radical (unpaired) electrons. The van der Waals surface area contributed by atoms with E-state index in [0.29, 0.717) is 6.04 Å². The van der Waals surface area contributed by atoms with Gasteiger partial charge in [-0.25, -0.2) is 4.79 Å². The van der Waals surface area contributed by atoms with Gasteiger partial charge in [-0.3, -0.25) is 0 Å². The third-order valence-electron chi connectivity index (χ3n) is 3.82. The molecule has 1 rings (SSSR count). The molecule has 0 saturated carbocycles. The molecule has 1 heterocycles. The second kappa shape index (κ2) is 9.18. The minimum atomic E-state index is 0.0368.